The molecule has 1 amide bonds. The Morgan fingerprint density at radius 1 is 0.893 bits per heavy atom. The molecule has 1 N–H and O–H groups in total. The van der Waals surface area contributed by atoms with Crippen molar-refractivity contribution in [1.29, 1.82) is 0 Å². The SMILES string of the molecule is CCCOCC(=O)Nc1ccc(CN2CCN(Cc3ccccc3)CC2)cc1. The molecule has 2 aromatic carbocycles. The number of nitrogens with one attached hydrogen (secondary N) is 1. The summed E-state index contributed by atoms with van der Waals surface area (Å²) in [7, 11) is 0. The molecule has 1 aliphatic heterocycles. The van der Waals surface area contributed by atoms with Crippen molar-refractivity contribution in [3.8, 4) is 0 Å². The molecule has 1 saturated heterocycles. The van der Waals surface area contributed by atoms with Crippen LogP contribution in [0.4, 0.5) is 5.69 Å². The fourth-order valence-electron chi connectivity index (χ4n) is 3.41. The average Bonchev–Trinajstić information content (AvgIpc) is 2.72. The number of ether oxygens (including phenoxy) is 1. The Balaban J connectivity index is 1.39. The molecule has 0 unspecified atom stereocenters. The van der Waals surface area contributed by atoms with Crippen LogP contribution in [0.1, 0.15) is 24.5 Å². The van der Waals surface area contributed by atoms with Gasteiger partial charge in [-0.25, -0.2) is 0 Å². The molecule has 1 fully saturated rings. The molecular formula is C23H31N3O2. The first kappa shape index (κ1) is 20.5. The molecule has 0 aliphatic carbocycles. The van der Waals surface area contributed by atoms with Crippen molar-refractivity contribution >= 4 is 11.6 Å². The number of benzene rings is 2. The third kappa shape index (κ3) is 6.75. The number of hydrogen-bond donors (Lipinski definition) is 1. The summed E-state index contributed by atoms with van der Waals surface area (Å²) in [6.45, 7) is 9.10. The molecule has 5 heteroatoms. The Morgan fingerprint density at radius 3 is 2.04 bits per heavy atom. The molecule has 1 aliphatic rings. The zero-order valence-electron chi connectivity index (χ0n) is 16.8. The first-order valence-corrected chi connectivity index (χ1v) is 10.2. The zero-order chi connectivity index (χ0) is 19.6. The van der Waals surface area contributed by atoms with Gasteiger partial charge in [0.05, 0.1) is 0 Å². The van der Waals surface area contributed by atoms with Crippen LogP contribution in [0.25, 0.3) is 0 Å². The Hall–Kier alpha value is -2.21. The van der Waals surface area contributed by atoms with Crippen molar-refractivity contribution in [2.45, 2.75) is 26.4 Å². The van der Waals surface area contributed by atoms with Gasteiger partial charge in [0.15, 0.2) is 0 Å². The first-order chi connectivity index (χ1) is 13.7. The quantitative estimate of drug-likeness (QED) is 0.677. The second-order valence-electron chi connectivity index (χ2n) is 7.34. The van der Waals surface area contributed by atoms with Gasteiger partial charge in [-0.3, -0.25) is 14.6 Å². The lowest BCUT2D eigenvalue weighted by molar-refractivity contribution is -0.120. The normalized spacial score (nSPS) is 15.5. The monoisotopic (exact) mass is 381 g/mol. The van der Waals surface area contributed by atoms with Crippen LogP contribution < -0.4 is 5.32 Å². The van der Waals surface area contributed by atoms with Crippen LogP contribution in [-0.4, -0.2) is 55.1 Å². The molecule has 0 radical (unpaired) electrons. The molecule has 1 heterocycles. The van der Waals surface area contributed by atoms with E-state index in [4.69, 9.17) is 4.74 Å². The lowest BCUT2D eigenvalue weighted by Crippen LogP contribution is -2.45. The largest absolute Gasteiger partial charge is 0.372 e. The van der Waals surface area contributed by atoms with Crippen LogP contribution in [0.3, 0.4) is 0 Å². The van der Waals surface area contributed by atoms with E-state index in [1.54, 1.807) is 0 Å². The first-order valence-electron chi connectivity index (χ1n) is 10.2. The minimum absolute atomic E-state index is 0.101. The molecular weight excluding hydrogens is 350 g/mol. The van der Waals surface area contributed by atoms with Crippen LogP contribution in [-0.2, 0) is 22.6 Å². The highest BCUT2D eigenvalue weighted by Crippen LogP contribution is 2.14. The van der Waals surface area contributed by atoms with Crippen molar-refractivity contribution in [2.24, 2.45) is 0 Å². The van der Waals surface area contributed by atoms with Gasteiger partial charge in [0, 0.05) is 51.6 Å². The van der Waals surface area contributed by atoms with Gasteiger partial charge in [0.1, 0.15) is 6.61 Å². The third-order valence-corrected chi connectivity index (χ3v) is 4.94. The van der Waals surface area contributed by atoms with Gasteiger partial charge in [-0.2, -0.15) is 0 Å². The van der Waals surface area contributed by atoms with Crippen molar-refractivity contribution in [2.75, 3.05) is 44.7 Å². The van der Waals surface area contributed by atoms with Gasteiger partial charge in [-0.1, -0.05) is 49.4 Å². The van der Waals surface area contributed by atoms with Crippen molar-refractivity contribution < 1.29 is 9.53 Å². The Labute approximate surface area is 168 Å². The maximum atomic E-state index is 11.8. The van der Waals surface area contributed by atoms with E-state index in [0.717, 1.165) is 51.4 Å². The number of piperazine rings is 1. The second-order valence-corrected chi connectivity index (χ2v) is 7.34. The lowest BCUT2D eigenvalue weighted by Gasteiger charge is -2.34. The molecule has 2 aromatic rings. The molecule has 0 spiro atoms. The van der Waals surface area contributed by atoms with Gasteiger partial charge < -0.3 is 10.1 Å². The molecule has 5 nitrogen and oxygen atoms in total. The third-order valence-electron chi connectivity index (χ3n) is 4.94. The van der Waals surface area contributed by atoms with E-state index in [1.807, 2.05) is 19.1 Å². The summed E-state index contributed by atoms with van der Waals surface area (Å²) in [6.07, 6.45) is 0.919. The predicted molar refractivity (Wildman–Crippen MR) is 113 cm³/mol. The van der Waals surface area contributed by atoms with Gasteiger partial charge in [0.25, 0.3) is 0 Å². The summed E-state index contributed by atoms with van der Waals surface area (Å²) in [4.78, 5) is 16.8. The van der Waals surface area contributed by atoms with E-state index in [2.05, 4.69) is 57.6 Å². The molecule has 0 saturated carbocycles. The Bertz CT molecular complexity index is 710. The van der Waals surface area contributed by atoms with Crippen molar-refractivity contribution in [3.05, 3.63) is 65.7 Å². The molecule has 0 atom stereocenters. The number of rotatable bonds is 9. The van der Waals surface area contributed by atoms with Gasteiger partial charge in [-0.15, -0.1) is 0 Å². The molecule has 28 heavy (non-hydrogen) atoms. The summed E-state index contributed by atoms with van der Waals surface area (Å²) in [6, 6.07) is 18.8. The number of carbonyl (C=O) groups excluding carboxylic acids is 1. The summed E-state index contributed by atoms with van der Waals surface area (Å²) >= 11 is 0. The maximum Gasteiger partial charge on any atom is 0.250 e. The number of amides is 1. The van der Waals surface area contributed by atoms with E-state index < -0.39 is 0 Å². The van der Waals surface area contributed by atoms with Crippen LogP contribution in [0.15, 0.2) is 54.6 Å². The molecule has 0 bridgehead atoms. The highest BCUT2D eigenvalue weighted by molar-refractivity contribution is 5.91. The predicted octanol–water partition coefficient (Wildman–Crippen LogP) is 3.37. The van der Waals surface area contributed by atoms with E-state index in [0.29, 0.717) is 6.61 Å². The van der Waals surface area contributed by atoms with Gasteiger partial charge in [-0.05, 0) is 29.7 Å². The van der Waals surface area contributed by atoms with Crippen LogP contribution >= 0.6 is 0 Å². The maximum absolute atomic E-state index is 11.8. The average molecular weight is 382 g/mol. The van der Waals surface area contributed by atoms with Gasteiger partial charge >= 0.3 is 0 Å². The van der Waals surface area contributed by atoms with E-state index >= 15 is 0 Å². The minimum Gasteiger partial charge on any atom is -0.372 e. The fraction of sp³-hybridized carbons (Fsp3) is 0.435. The van der Waals surface area contributed by atoms with E-state index in [1.165, 1.54) is 11.1 Å². The van der Waals surface area contributed by atoms with E-state index in [9.17, 15) is 4.79 Å². The number of carbonyl (C=O) groups is 1. The lowest BCUT2D eigenvalue weighted by atomic mass is 10.1. The Kier molecular flexibility index (Phi) is 8.03. The molecule has 150 valence electrons. The molecule has 0 aromatic heterocycles. The highest BCUT2D eigenvalue weighted by Gasteiger charge is 2.17. The minimum atomic E-state index is -0.101. The number of anilines is 1. The second kappa shape index (κ2) is 11.0. The summed E-state index contributed by atoms with van der Waals surface area (Å²) in [5.41, 5.74) is 3.48. The molecule has 3 rings (SSSR count). The van der Waals surface area contributed by atoms with Gasteiger partial charge in [0.2, 0.25) is 5.91 Å². The smallest absolute Gasteiger partial charge is 0.250 e. The van der Waals surface area contributed by atoms with Crippen LogP contribution in [0.2, 0.25) is 0 Å². The van der Waals surface area contributed by atoms with Crippen LogP contribution in [0.5, 0.6) is 0 Å². The zero-order valence-corrected chi connectivity index (χ0v) is 16.8. The fourth-order valence-corrected chi connectivity index (χ4v) is 3.41. The summed E-state index contributed by atoms with van der Waals surface area (Å²) in [5, 5.41) is 2.88. The summed E-state index contributed by atoms with van der Waals surface area (Å²) < 4.78 is 5.26. The Morgan fingerprint density at radius 2 is 1.46 bits per heavy atom. The summed E-state index contributed by atoms with van der Waals surface area (Å²) in [5.74, 6) is -0.101. The highest BCUT2D eigenvalue weighted by atomic mass is 16.5. The van der Waals surface area contributed by atoms with Crippen molar-refractivity contribution in [3.63, 3.8) is 0 Å². The topological polar surface area (TPSA) is 44.8 Å². The number of nitrogens with zero attached hydrogens (tertiary/aromatic N) is 2. The van der Waals surface area contributed by atoms with Crippen molar-refractivity contribution in [1.82, 2.24) is 9.80 Å². The number of hydrogen-bond acceptors (Lipinski definition) is 4. The van der Waals surface area contributed by atoms with E-state index in [-0.39, 0.29) is 12.5 Å². The van der Waals surface area contributed by atoms with Crippen LogP contribution in [0, 0.1) is 0 Å². The standard InChI is InChI=1S/C23H31N3O2/c1-2-16-28-19-23(27)24-22-10-8-21(9-11-22)18-26-14-12-25(13-15-26)17-20-6-4-3-5-7-20/h3-11H,2,12-19H2,1H3,(H,24,27).